The minimum Gasteiger partial charge on any atom is -0.452 e. The Balaban J connectivity index is 1.39. The van der Waals surface area contributed by atoms with Gasteiger partial charge in [-0.1, -0.05) is 12.1 Å². The second-order valence-electron chi connectivity index (χ2n) is 8.61. The summed E-state index contributed by atoms with van der Waals surface area (Å²) in [4.78, 5) is 25.4. The zero-order valence-electron chi connectivity index (χ0n) is 15.8. The molecular formula is C21H25F2NO4. The zero-order valence-corrected chi connectivity index (χ0v) is 15.8. The monoisotopic (exact) mass is 393 g/mol. The topological polar surface area (TPSA) is 64.6 Å². The van der Waals surface area contributed by atoms with Crippen LogP contribution in [0, 0.1) is 23.2 Å². The molecule has 7 heteroatoms. The van der Waals surface area contributed by atoms with Crippen LogP contribution in [0.5, 0.6) is 5.75 Å². The molecule has 5 nitrogen and oxygen atoms in total. The lowest BCUT2D eigenvalue weighted by Crippen LogP contribution is -2.51. The molecule has 1 aromatic rings. The van der Waals surface area contributed by atoms with Gasteiger partial charge >= 0.3 is 12.6 Å². The third-order valence-electron chi connectivity index (χ3n) is 6.49. The van der Waals surface area contributed by atoms with Crippen LogP contribution in [-0.2, 0) is 14.3 Å². The van der Waals surface area contributed by atoms with Crippen molar-refractivity contribution in [2.24, 2.45) is 23.2 Å². The summed E-state index contributed by atoms with van der Waals surface area (Å²) in [6.45, 7) is -1.49. The molecule has 4 fully saturated rings. The van der Waals surface area contributed by atoms with Gasteiger partial charge in [0.05, 0.1) is 11.1 Å². The lowest BCUT2D eigenvalue weighted by Gasteiger charge is -2.55. The van der Waals surface area contributed by atoms with Gasteiger partial charge in [-0.25, -0.2) is 0 Å². The molecule has 28 heavy (non-hydrogen) atoms. The summed E-state index contributed by atoms with van der Waals surface area (Å²) in [6, 6.07) is 5.93. The van der Waals surface area contributed by atoms with Gasteiger partial charge in [0.1, 0.15) is 5.75 Å². The summed E-state index contributed by atoms with van der Waals surface area (Å²) in [6.07, 6.45) is 5.20. The van der Waals surface area contributed by atoms with Gasteiger partial charge in [0, 0.05) is 0 Å². The lowest BCUT2D eigenvalue weighted by atomic mass is 9.49. The number of rotatable bonds is 6. The van der Waals surface area contributed by atoms with Crippen molar-refractivity contribution in [3.05, 3.63) is 24.3 Å². The van der Waals surface area contributed by atoms with E-state index in [9.17, 15) is 18.4 Å². The molecule has 4 aliphatic rings. The second kappa shape index (κ2) is 7.33. The van der Waals surface area contributed by atoms with E-state index in [2.05, 4.69) is 10.1 Å². The van der Waals surface area contributed by atoms with Crippen molar-refractivity contribution in [2.45, 2.75) is 58.2 Å². The van der Waals surface area contributed by atoms with E-state index in [1.165, 1.54) is 44.4 Å². The Hall–Kier alpha value is -2.18. The molecule has 0 spiro atoms. The number of anilines is 1. The minimum absolute atomic E-state index is 0.116. The zero-order chi connectivity index (χ0) is 19.9. The van der Waals surface area contributed by atoms with Crippen LogP contribution < -0.4 is 10.1 Å². The number of amides is 1. The van der Waals surface area contributed by atoms with Crippen LogP contribution in [0.3, 0.4) is 0 Å². The molecule has 4 aliphatic carbocycles. The molecule has 1 amide bonds. The molecule has 1 aromatic carbocycles. The Labute approximate surface area is 162 Å². The summed E-state index contributed by atoms with van der Waals surface area (Å²) in [5.41, 5.74) is -0.328. The van der Waals surface area contributed by atoms with Crippen molar-refractivity contribution in [2.75, 3.05) is 5.32 Å². The number of carbonyl (C=O) groups excluding carboxylic acids is 2. The number of carbonyl (C=O) groups is 2. The molecule has 0 aromatic heterocycles. The number of alkyl halides is 2. The Morgan fingerprint density at radius 1 is 1.07 bits per heavy atom. The summed E-state index contributed by atoms with van der Waals surface area (Å²) in [5, 5.41) is 2.52. The summed E-state index contributed by atoms with van der Waals surface area (Å²) < 4.78 is 35.0. The first-order chi connectivity index (χ1) is 13.3. The van der Waals surface area contributed by atoms with E-state index in [-0.39, 0.29) is 17.4 Å². The number of nitrogens with one attached hydrogen (secondary N) is 1. The average molecular weight is 393 g/mol. The van der Waals surface area contributed by atoms with E-state index >= 15 is 0 Å². The van der Waals surface area contributed by atoms with Gasteiger partial charge < -0.3 is 14.8 Å². The highest BCUT2D eigenvalue weighted by Crippen LogP contribution is 2.60. The maximum absolute atomic E-state index is 13.0. The fourth-order valence-corrected chi connectivity index (χ4v) is 5.70. The van der Waals surface area contributed by atoms with Crippen LogP contribution in [0.4, 0.5) is 14.5 Å². The number of para-hydroxylation sites is 2. The summed E-state index contributed by atoms with van der Waals surface area (Å²) in [5.74, 6) is 0.809. The second-order valence-corrected chi connectivity index (χ2v) is 8.61. The first kappa shape index (κ1) is 19.2. The van der Waals surface area contributed by atoms with Gasteiger partial charge in [0.15, 0.2) is 6.10 Å². The fraction of sp³-hybridized carbons (Fsp3) is 0.619. The summed E-state index contributed by atoms with van der Waals surface area (Å²) in [7, 11) is 0. The number of hydrogen-bond donors (Lipinski definition) is 1. The molecule has 0 heterocycles. The van der Waals surface area contributed by atoms with Gasteiger partial charge in [-0.05, 0) is 75.3 Å². The van der Waals surface area contributed by atoms with Crippen molar-refractivity contribution in [1.82, 2.24) is 0 Å². The Morgan fingerprint density at radius 3 is 2.21 bits per heavy atom. The Bertz CT molecular complexity index is 731. The number of benzene rings is 1. The molecule has 4 bridgehead atoms. The van der Waals surface area contributed by atoms with Crippen LogP contribution in [-0.4, -0.2) is 24.6 Å². The van der Waals surface area contributed by atoms with Gasteiger partial charge in [0.25, 0.3) is 5.91 Å². The molecule has 0 radical (unpaired) electrons. The molecule has 0 aliphatic heterocycles. The van der Waals surface area contributed by atoms with E-state index < -0.39 is 24.0 Å². The number of esters is 1. The van der Waals surface area contributed by atoms with Crippen molar-refractivity contribution in [3.63, 3.8) is 0 Å². The smallest absolute Gasteiger partial charge is 0.387 e. The van der Waals surface area contributed by atoms with Crippen LogP contribution in [0.15, 0.2) is 24.3 Å². The molecule has 4 saturated carbocycles. The van der Waals surface area contributed by atoms with Crippen molar-refractivity contribution >= 4 is 17.6 Å². The normalized spacial score (nSPS) is 31.5. The Kier molecular flexibility index (Phi) is 5.02. The third kappa shape index (κ3) is 3.71. The van der Waals surface area contributed by atoms with E-state index in [0.717, 1.165) is 19.3 Å². The van der Waals surface area contributed by atoms with Crippen LogP contribution in [0.2, 0.25) is 0 Å². The molecule has 5 rings (SSSR count). The van der Waals surface area contributed by atoms with Gasteiger partial charge in [0.2, 0.25) is 0 Å². The third-order valence-corrected chi connectivity index (χ3v) is 6.49. The quantitative estimate of drug-likeness (QED) is 0.729. The van der Waals surface area contributed by atoms with Crippen LogP contribution >= 0.6 is 0 Å². The van der Waals surface area contributed by atoms with E-state index in [0.29, 0.717) is 17.8 Å². The highest BCUT2D eigenvalue weighted by Gasteiger charge is 2.55. The van der Waals surface area contributed by atoms with Crippen molar-refractivity contribution < 1.29 is 27.8 Å². The Morgan fingerprint density at radius 2 is 1.64 bits per heavy atom. The number of ether oxygens (including phenoxy) is 2. The highest BCUT2D eigenvalue weighted by molar-refractivity contribution is 5.96. The largest absolute Gasteiger partial charge is 0.452 e. The van der Waals surface area contributed by atoms with E-state index in [4.69, 9.17) is 4.74 Å². The maximum Gasteiger partial charge on any atom is 0.387 e. The molecule has 1 atom stereocenters. The molecule has 1 unspecified atom stereocenters. The standard InChI is InChI=1S/C21H25F2NO4/c1-12(18(25)24-16-4-2-3-5-17(16)28-20(22)23)27-19(26)21-9-13-6-14(10-21)8-15(7-13)11-21/h2-5,12-15,20H,6-11H2,1H3,(H,24,25). The van der Waals surface area contributed by atoms with Crippen molar-refractivity contribution in [1.29, 1.82) is 0 Å². The van der Waals surface area contributed by atoms with Gasteiger partial charge in [-0.3, -0.25) is 9.59 Å². The molecule has 0 saturated heterocycles. The maximum atomic E-state index is 13.0. The first-order valence-electron chi connectivity index (χ1n) is 9.90. The number of hydrogen-bond acceptors (Lipinski definition) is 4. The lowest BCUT2D eigenvalue weighted by molar-refractivity contribution is -0.177. The highest BCUT2D eigenvalue weighted by atomic mass is 19.3. The summed E-state index contributed by atoms with van der Waals surface area (Å²) >= 11 is 0. The van der Waals surface area contributed by atoms with E-state index in [1.54, 1.807) is 6.07 Å². The van der Waals surface area contributed by atoms with Crippen molar-refractivity contribution in [3.8, 4) is 5.75 Å². The molecule has 1 N–H and O–H groups in total. The first-order valence-corrected chi connectivity index (χ1v) is 9.90. The fourth-order valence-electron chi connectivity index (χ4n) is 5.70. The average Bonchev–Trinajstić information content (AvgIpc) is 2.61. The predicted octanol–water partition coefficient (Wildman–Crippen LogP) is 4.37. The van der Waals surface area contributed by atoms with E-state index in [1.807, 2.05) is 0 Å². The van der Waals surface area contributed by atoms with Crippen LogP contribution in [0.1, 0.15) is 45.4 Å². The minimum atomic E-state index is -3.00. The predicted molar refractivity (Wildman–Crippen MR) is 97.9 cm³/mol. The molecule has 152 valence electrons. The van der Waals surface area contributed by atoms with Gasteiger partial charge in [-0.15, -0.1) is 0 Å². The molecular weight excluding hydrogens is 368 g/mol. The van der Waals surface area contributed by atoms with Crippen LogP contribution in [0.25, 0.3) is 0 Å². The SMILES string of the molecule is CC(OC(=O)C12CC3CC(CC(C3)C1)C2)C(=O)Nc1ccccc1OC(F)F. The number of halogens is 2. The van der Waals surface area contributed by atoms with Gasteiger partial charge in [-0.2, -0.15) is 8.78 Å².